The standard InChI is InChI=1S/C15H25N3O2S/c1-2-3-4-5-6-7-8-9-10-16-13(19)14(20)18-15-17-11-12-21-15/h11-12H,2-10H2,1H3,(H,16,19)(H,17,18,20). The maximum atomic E-state index is 11.5. The first-order chi connectivity index (χ1) is 10.2. The monoisotopic (exact) mass is 311 g/mol. The van der Waals surface area contributed by atoms with Crippen molar-refractivity contribution in [2.75, 3.05) is 11.9 Å². The van der Waals surface area contributed by atoms with Crippen molar-refractivity contribution < 1.29 is 9.59 Å². The normalized spacial score (nSPS) is 10.3. The topological polar surface area (TPSA) is 71.1 Å². The van der Waals surface area contributed by atoms with E-state index in [9.17, 15) is 9.59 Å². The summed E-state index contributed by atoms with van der Waals surface area (Å²) in [5, 5.41) is 7.28. The second-order valence-corrected chi connectivity index (χ2v) is 5.92. The molecule has 1 aromatic heterocycles. The van der Waals surface area contributed by atoms with Gasteiger partial charge in [0, 0.05) is 18.1 Å². The average molecular weight is 311 g/mol. The lowest BCUT2D eigenvalue weighted by molar-refractivity contribution is -0.136. The number of aromatic nitrogens is 1. The number of carbonyl (C=O) groups excluding carboxylic acids is 2. The molecule has 0 unspecified atom stereocenters. The smallest absolute Gasteiger partial charge is 0.315 e. The lowest BCUT2D eigenvalue weighted by Gasteiger charge is -2.05. The minimum Gasteiger partial charge on any atom is -0.348 e. The van der Waals surface area contributed by atoms with Gasteiger partial charge in [-0.2, -0.15) is 0 Å². The van der Waals surface area contributed by atoms with Crippen molar-refractivity contribution in [3.8, 4) is 0 Å². The number of amides is 2. The molecule has 0 aromatic carbocycles. The molecular weight excluding hydrogens is 286 g/mol. The third-order valence-corrected chi connectivity index (χ3v) is 3.86. The zero-order valence-corrected chi connectivity index (χ0v) is 13.5. The molecule has 1 rings (SSSR count). The molecule has 0 saturated heterocycles. The van der Waals surface area contributed by atoms with Crippen molar-refractivity contribution >= 4 is 28.3 Å². The molecule has 0 saturated carbocycles. The molecule has 0 atom stereocenters. The first-order valence-electron chi connectivity index (χ1n) is 7.72. The number of hydrogen-bond acceptors (Lipinski definition) is 4. The van der Waals surface area contributed by atoms with Crippen LogP contribution in [0.25, 0.3) is 0 Å². The number of rotatable bonds is 10. The van der Waals surface area contributed by atoms with Crippen LogP contribution >= 0.6 is 11.3 Å². The number of thiazole rings is 1. The van der Waals surface area contributed by atoms with Crippen molar-refractivity contribution in [2.24, 2.45) is 0 Å². The van der Waals surface area contributed by atoms with Gasteiger partial charge in [0.2, 0.25) is 0 Å². The lowest BCUT2D eigenvalue weighted by Crippen LogP contribution is -2.35. The summed E-state index contributed by atoms with van der Waals surface area (Å²) in [5.74, 6) is -1.24. The minimum absolute atomic E-state index is 0.447. The largest absolute Gasteiger partial charge is 0.348 e. The third-order valence-electron chi connectivity index (χ3n) is 3.17. The molecule has 6 heteroatoms. The fraction of sp³-hybridized carbons (Fsp3) is 0.667. The van der Waals surface area contributed by atoms with E-state index in [4.69, 9.17) is 0 Å². The van der Waals surface area contributed by atoms with Crippen LogP contribution in [0.2, 0.25) is 0 Å². The molecule has 21 heavy (non-hydrogen) atoms. The second-order valence-electron chi connectivity index (χ2n) is 5.02. The Labute approximate surface area is 130 Å². The summed E-state index contributed by atoms with van der Waals surface area (Å²) in [6.45, 7) is 2.77. The maximum Gasteiger partial charge on any atom is 0.315 e. The van der Waals surface area contributed by atoms with E-state index >= 15 is 0 Å². The fourth-order valence-corrected chi connectivity index (χ4v) is 2.50. The van der Waals surface area contributed by atoms with Gasteiger partial charge in [0.05, 0.1) is 0 Å². The van der Waals surface area contributed by atoms with Gasteiger partial charge in [-0.05, 0) is 6.42 Å². The van der Waals surface area contributed by atoms with E-state index in [1.165, 1.54) is 49.9 Å². The van der Waals surface area contributed by atoms with Gasteiger partial charge in [-0.3, -0.25) is 14.9 Å². The van der Waals surface area contributed by atoms with Crippen molar-refractivity contribution in [3.05, 3.63) is 11.6 Å². The van der Waals surface area contributed by atoms with Crippen LogP contribution in [0.1, 0.15) is 58.3 Å². The molecule has 2 N–H and O–H groups in total. The summed E-state index contributed by atoms with van der Waals surface area (Å²) in [6, 6.07) is 0. The van der Waals surface area contributed by atoms with Gasteiger partial charge in [-0.1, -0.05) is 51.9 Å². The van der Waals surface area contributed by atoms with Crippen LogP contribution in [0.5, 0.6) is 0 Å². The predicted octanol–water partition coefficient (Wildman–Crippen LogP) is 3.34. The van der Waals surface area contributed by atoms with E-state index in [2.05, 4.69) is 22.5 Å². The fourth-order valence-electron chi connectivity index (χ4n) is 1.98. The quantitative estimate of drug-likeness (QED) is 0.514. The number of nitrogens with one attached hydrogen (secondary N) is 2. The second kappa shape index (κ2) is 11.3. The van der Waals surface area contributed by atoms with Crippen LogP contribution in [0, 0.1) is 0 Å². The Morgan fingerprint density at radius 3 is 2.33 bits per heavy atom. The molecule has 5 nitrogen and oxygen atoms in total. The van der Waals surface area contributed by atoms with Gasteiger partial charge >= 0.3 is 11.8 Å². The molecule has 0 bridgehead atoms. The molecule has 0 radical (unpaired) electrons. The number of anilines is 1. The predicted molar refractivity (Wildman–Crippen MR) is 86.4 cm³/mol. The zero-order valence-electron chi connectivity index (χ0n) is 12.7. The van der Waals surface area contributed by atoms with Crippen LogP contribution in [0.3, 0.4) is 0 Å². The highest BCUT2D eigenvalue weighted by atomic mass is 32.1. The van der Waals surface area contributed by atoms with Gasteiger partial charge in [0.15, 0.2) is 5.13 Å². The summed E-state index contributed by atoms with van der Waals surface area (Å²) in [5.41, 5.74) is 0. The third kappa shape index (κ3) is 8.45. The Balaban J connectivity index is 1.97. The average Bonchev–Trinajstić information content (AvgIpc) is 2.98. The lowest BCUT2D eigenvalue weighted by atomic mass is 10.1. The van der Waals surface area contributed by atoms with Gasteiger partial charge in [-0.15, -0.1) is 11.3 Å². The highest BCUT2D eigenvalue weighted by Crippen LogP contribution is 2.10. The zero-order chi connectivity index (χ0) is 15.3. The first-order valence-corrected chi connectivity index (χ1v) is 8.60. The van der Waals surface area contributed by atoms with Crippen LogP contribution in [0.15, 0.2) is 11.6 Å². The SMILES string of the molecule is CCCCCCCCCCNC(=O)C(=O)Nc1nccs1. The summed E-state index contributed by atoms with van der Waals surface area (Å²) >= 11 is 1.29. The molecule has 0 aliphatic carbocycles. The Morgan fingerprint density at radius 2 is 1.71 bits per heavy atom. The van der Waals surface area contributed by atoms with Gasteiger partial charge < -0.3 is 5.32 Å². The highest BCUT2D eigenvalue weighted by Gasteiger charge is 2.13. The Kier molecular flexibility index (Phi) is 9.44. The van der Waals surface area contributed by atoms with E-state index in [0.29, 0.717) is 11.7 Å². The van der Waals surface area contributed by atoms with E-state index in [0.717, 1.165) is 12.8 Å². The number of nitrogens with zero attached hydrogens (tertiary/aromatic N) is 1. The van der Waals surface area contributed by atoms with Crippen molar-refractivity contribution in [1.82, 2.24) is 10.3 Å². The molecule has 2 amide bonds. The summed E-state index contributed by atoms with van der Waals surface area (Å²) < 4.78 is 0. The van der Waals surface area contributed by atoms with Crippen LogP contribution < -0.4 is 10.6 Å². The summed E-state index contributed by atoms with van der Waals surface area (Å²) in [7, 11) is 0. The molecule has 0 aliphatic heterocycles. The number of carbonyl (C=O) groups is 2. The van der Waals surface area contributed by atoms with Crippen molar-refractivity contribution in [2.45, 2.75) is 58.3 Å². The van der Waals surface area contributed by atoms with Crippen LogP contribution in [-0.4, -0.2) is 23.3 Å². The molecule has 1 aromatic rings. The van der Waals surface area contributed by atoms with Gasteiger partial charge in [0.1, 0.15) is 0 Å². The molecule has 0 spiro atoms. The minimum atomic E-state index is -0.649. The molecule has 1 heterocycles. The Morgan fingerprint density at radius 1 is 1.05 bits per heavy atom. The summed E-state index contributed by atoms with van der Waals surface area (Å²) in [4.78, 5) is 26.9. The molecular formula is C15H25N3O2S. The Hall–Kier alpha value is -1.43. The van der Waals surface area contributed by atoms with E-state index in [1.807, 2.05) is 0 Å². The van der Waals surface area contributed by atoms with Crippen molar-refractivity contribution in [3.63, 3.8) is 0 Å². The summed E-state index contributed by atoms with van der Waals surface area (Å²) in [6.07, 6.45) is 11.3. The molecule has 0 fully saturated rings. The molecule has 0 aliphatic rings. The van der Waals surface area contributed by atoms with E-state index < -0.39 is 11.8 Å². The van der Waals surface area contributed by atoms with E-state index in [1.54, 1.807) is 11.6 Å². The number of unbranched alkanes of at least 4 members (excludes halogenated alkanes) is 7. The maximum absolute atomic E-state index is 11.5. The van der Waals surface area contributed by atoms with Crippen LogP contribution in [0.4, 0.5) is 5.13 Å². The number of hydrogen-bond donors (Lipinski definition) is 2. The van der Waals surface area contributed by atoms with Crippen molar-refractivity contribution in [1.29, 1.82) is 0 Å². The van der Waals surface area contributed by atoms with E-state index in [-0.39, 0.29) is 0 Å². The van der Waals surface area contributed by atoms with Gasteiger partial charge in [-0.25, -0.2) is 4.98 Å². The van der Waals surface area contributed by atoms with Gasteiger partial charge in [0.25, 0.3) is 0 Å². The van der Waals surface area contributed by atoms with Crippen LogP contribution in [-0.2, 0) is 9.59 Å². The molecule has 118 valence electrons. The first kappa shape index (κ1) is 17.6. The highest BCUT2D eigenvalue weighted by molar-refractivity contribution is 7.13. The Bertz CT molecular complexity index is 407.